The fourth-order valence-corrected chi connectivity index (χ4v) is 1.70. The number of carbonyl (C=O) groups excluding carboxylic acids is 3. The smallest absolute Gasteiger partial charge is 0.332 e. The van der Waals surface area contributed by atoms with Crippen molar-refractivity contribution in [1.82, 2.24) is 16.1 Å². The van der Waals surface area contributed by atoms with Crippen molar-refractivity contribution in [2.45, 2.75) is 38.1 Å². The molecule has 0 aromatic heterocycles. The van der Waals surface area contributed by atoms with Crippen molar-refractivity contribution in [3.8, 4) is 0 Å². The normalized spacial score (nSPS) is 22.9. The monoisotopic (exact) mass is 255 g/mol. The molecule has 0 aromatic rings. The Kier molecular flexibility index (Phi) is 4.64. The molecule has 1 aliphatic rings. The first-order valence-corrected chi connectivity index (χ1v) is 5.73. The molecule has 1 atom stereocenters. The van der Waals surface area contributed by atoms with Crippen LogP contribution in [-0.4, -0.2) is 29.7 Å². The van der Waals surface area contributed by atoms with Gasteiger partial charge in [-0.15, -0.1) is 0 Å². The van der Waals surface area contributed by atoms with E-state index in [2.05, 4.69) is 15.7 Å². The third-order valence-corrected chi connectivity index (χ3v) is 2.60. The SMILES string of the molecule is CCCCC[C@]1(/C=N\NC(N)=O)NC(=O)NC1=O. The van der Waals surface area contributed by atoms with E-state index in [1.54, 1.807) is 0 Å². The van der Waals surface area contributed by atoms with Crippen molar-refractivity contribution >= 4 is 24.2 Å². The highest BCUT2D eigenvalue weighted by Crippen LogP contribution is 2.17. The highest BCUT2D eigenvalue weighted by molar-refractivity contribution is 6.16. The van der Waals surface area contributed by atoms with Crippen molar-refractivity contribution in [2.24, 2.45) is 10.8 Å². The van der Waals surface area contributed by atoms with Crippen LogP contribution in [0.3, 0.4) is 0 Å². The number of urea groups is 2. The van der Waals surface area contributed by atoms with Crippen LogP contribution in [-0.2, 0) is 4.79 Å². The third kappa shape index (κ3) is 3.44. The van der Waals surface area contributed by atoms with Gasteiger partial charge in [-0.05, 0) is 6.42 Å². The van der Waals surface area contributed by atoms with Gasteiger partial charge in [0.15, 0.2) is 5.54 Å². The molecule has 0 unspecified atom stereocenters. The van der Waals surface area contributed by atoms with Crippen LogP contribution in [0.4, 0.5) is 9.59 Å². The summed E-state index contributed by atoms with van der Waals surface area (Å²) in [5.41, 5.74) is 5.65. The van der Waals surface area contributed by atoms with E-state index >= 15 is 0 Å². The number of primary amides is 1. The zero-order chi connectivity index (χ0) is 13.6. The number of carbonyl (C=O) groups is 3. The van der Waals surface area contributed by atoms with Gasteiger partial charge in [0.2, 0.25) is 0 Å². The van der Waals surface area contributed by atoms with Crippen LogP contribution in [0.5, 0.6) is 0 Å². The Bertz CT molecular complexity index is 382. The van der Waals surface area contributed by atoms with Crippen LogP contribution in [0.15, 0.2) is 5.10 Å². The first-order valence-electron chi connectivity index (χ1n) is 5.73. The topological polar surface area (TPSA) is 126 Å². The molecule has 5 amide bonds. The highest BCUT2D eigenvalue weighted by atomic mass is 16.2. The van der Waals surface area contributed by atoms with E-state index in [1.165, 1.54) is 6.21 Å². The van der Waals surface area contributed by atoms with Crippen molar-refractivity contribution in [3.05, 3.63) is 0 Å². The van der Waals surface area contributed by atoms with E-state index in [9.17, 15) is 14.4 Å². The van der Waals surface area contributed by atoms with Gasteiger partial charge in [0.25, 0.3) is 5.91 Å². The molecule has 0 saturated carbocycles. The van der Waals surface area contributed by atoms with Crippen molar-refractivity contribution in [1.29, 1.82) is 0 Å². The largest absolute Gasteiger partial charge is 0.350 e. The Morgan fingerprint density at radius 3 is 2.72 bits per heavy atom. The Balaban J connectivity index is 2.74. The van der Waals surface area contributed by atoms with Crippen LogP contribution in [0.2, 0.25) is 0 Å². The number of nitrogens with two attached hydrogens (primary N) is 1. The predicted octanol–water partition coefficient (Wildman–Crippen LogP) is -0.201. The molecule has 0 bridgehead atoms. The van der Waals surface area contributed by atoms with Crippen LogP contribution in [0.1, 0.15) is 32.6 Å². The first kappa shape index (κ1) is 13.9. The summed E-state index contributed by atoms with van der Waals surface area (Å²) in [4.78, 5) is 33.4. The molecule has 5 N–H and O–H groups in total. The minimum Gasteiger partial charge on any atom is -0.350 e. The van der Waals surface area contributed by atoms with E-state index in [0.717, 1.165) is 19.3 Å². The number of hydrazone groups is 1. The van der Waals surface area contributed by atoms with Crippen LogP contribution in [0.25, 0.3) is 0 Å². The number of nitrogens with zero attached hydrogens (tertiary/aromatic N) is 1. The zero-order valence-electron chi connectivity index (χ0n) is 10.2. The lowest BCUT2D eigenvalue weighted by Crippen LogP contribution is -2.49. The summed E-state index contributed by atoms with van der Waals surface area (Å²) >= 11 is 0. The molecule has 1 fully saturated rings. The fraction of sp³-hybridized carbons (Fsp3) is 0.600. The molecule has 100 valence electrons. The highest BCUT2D eigenvalue weighted by Gasteiger charge is 2.44. The van der Waals surface area contributed by atoms with Crippen LogP contribution in [0, 0.1) is 0 Å². The van der Waals surface area contributed by atoms with E-state index in [-0.39, 0.29) is 0 Å². The van der Waals surface area contributed by atoms with Crippen LogP contribution >= 0.6 is 0 Å². The average molecular weight is 255 g/mol. The second kappa shape index (κ2) is 5.99. The maximum absolute atomic E-state index is 11.7. The van der Waals surface area contributed by atoms with E-state index in [4.69, 9.17) is 5.73 Å². The van der Waals surface area contributed by atoms with E-state index in [0.29, 0.717) is 6.42 Å². The number of amides is 5. The molecule has 18 heavy (non-hydrogen) atoms. The van der Waals surface area contributed by atoms with Crippen molar-refractivity contribution in [3.63, 3.8) is 0 Å². The minimum absolute atomic E-state index is 0.419. The quantitative estimate of drug-likeness (QED) is 0.227. The Morgan fingerprint density at radius 1 is 1.50 bits per heavy atom. The Labute approximate surface area is 104 Å². The summed E-state index contributed by atoms with van der Waals surface area (Å²) < 4.78 is 0. The molecule has 0 spiro atoms. The number of imide groups is 1. The molecule has 8 nitrogen and oxygen atoms in total. The number of rotatable bonds is 6. The molecular weight excluding hydrogens is 238 g/mol. The van der Waals surface area contributed by atoms with E-state index in [1.807, 2.05) is 12.3 Å². The van der Waals surface area contributed by atoms with Gasteiger partial charge < -0.3 is 11.1 Å². The van der Waals surface area contributed by atoms with Gasteiger partial charge in [0, 0.05) is 0 Å². The second-order valence-corrected chi connectivity index (χ2v) is 4.07. The third-order valence-electron chi connectivity index (χ3n) is 2.60. The molecule has 0 radical (unpaired) electrons. The lowest BCUT2D eigenvalue weighted by Gasteiger charge is -2.20. The molecule has 0 aromatic carbocycles. The first-order chi connectivity index (χ1) is 8.50. The summed E-state index contributed by atoms with van der Waals surface area (Å²) in [6.45, 7) is 2.03. The van der Waals surface area contributed by atoms with Crippen LogP contribution < -0.4 is 21.8 Å². The van der Waals surface area contributed by atoms with Gasteiger partial charge in [-0.1, -0.05) is 26.2 Å². The minimum atomic E-state index is -1.20. The van der Waals surface area contributed by atoms with Gasteiger partial charge in [0.1, 0.15) is 0 Å². The predicted molar refractivity (Wildman–Crippen MR) is 64.8 cm³/mol. The summed E-state index contributed by atoms with van der Waals surface area (Å²) in [6.07, 6.45) is 4.30. The van der Waals surface area contributed by atoms with Gasteiger partial charge >= 0.3 is 12.1 Å². The molecule has 1 rings (SSSR count). The number of nitrogens with one attached hydrogen (secondary N) is 3. The molecular formula is C10H17N5O3. The van der Waals surface area contributed by atoms with Gasteiger partial charge in [-0.25, -0.2) is 15.0 Å². The van der Waals surface area contributed by atoms with Gasteiger partial charge in [-0.2, -0.15) is 5.10 Å². The summed E-state index contributed by atoms with van der Waals surface area (Å²) in [5.74, 6) is -0.473. The molecule has 8 heteroatoms. The van der Waals surface area contributed by atoms with Gasteiger partial charge in [0.05, 0.1) is 6.21 Å². The van der Waals surface area contributed by atoms with E-state index < -0.39 is 23.5 Å². The van der Waals surface area contributed by atoms with Crippen molar-refractivity contribution in [2.75, 3.05) is 0 Å². The Morgan fingerprint density at radius 2 is 2.22 bits per heavy atom. The second-order valence-electron chi connectivity index (χ2n) is 4.07. The van der Waals surface area contributed by atoms with Gasteiger partial charge in [-0.3, -0.25) is 10.1 Å². The summed E-state index contributed by atoms with van der Waals surface area (Å²) in [7, 11) is 0. The molecule has 1 saturated heterocycles. The lowest BCUT2D eigenvalue weighted by molar-refractivity contribution is -0.121. The maximum atomic E-state index is 11.7. The number of hydrogen-bond donors (Lipinski definition) is 4. The lowest BCUT2D eigenvalue weighted by atomic mass is 9.94. The summed E-state index contributed by atoms with van der Waals surface area (Å²) in [5, 5.41) is 8.22. The Hall–Kier alpha value is -2.12. The standard InChI is InChI=1S/C10H17N5O3/c1-2-3-4-5-10(6-12-15-8(11)17)7(16)13-9(18)14-10/h6H,2-5H2,1H3,(H3,11,15,17)(H2,13,14,16,18)/b12-6-/t10-/m1/s1. The summed E-state index contributed by atoms with van der Waals surface area (Å²) in [6, 6.07) is -1.40. The molecule has 1 heterocycles. The van der Waals surface area contributed by atoms with Crippen molar-refractivity contribution < 1.29 is 14.4 Å². The number of hydrogen-bond acceptors (Lipinski definition) is 4. The number of unbranched alkanes of at least 4 members (excludes halogenated alkanes) is 2. The molecule has 0 aliphatic carbocycles. The maximum Gasteiger partial charge on any atom is 0.332 e. The molecule has 1 aliphatic heterocycles. The fourth-order valence-electron chi connectivity index (χ4n) is 1.70. The average Bonchev–Trinajstić information content (AvgIpc) is 2.54. The zero-order valence-corrected chi connectivity index (χ0v) is 10.2.